The summed E-state index contributed by atoms with van der Waals surface area (Å²) in [7, 11) is 2.25. The van der Waals surface area contributed by atoms with Gasteiger partial charge in [0.25, 0.3) is 0 Å². The average molecular weight is 1060 g/mol. The fourth-order valence-corrected chi connectivity index (χ4v) is 16.1. The number of hydrogen-bond donors (Lipinski definition) is 0. The van der Waals surface area contributed by atoms with Gasteiger partial charge in [-0.3, -0.25) is 0 Å². The molecule has 6 aliphatic carbocycles. The Morgan fingerprint density at radius 1 is 0.317 bits per heavy atom. The fraction of sp³-hybridized carbons (Fsp3) is 0.241. The second-order valence-corrected chi connectivity index (χ2v) is 26.4. The first-order chi connectivity index (χ1) is 39.4. The highest BCUT2D eigenvalue weighted by atomic mass is 15.1. The van der Waals surface area contributed by atoms with Gasteiger partial charge in [-0.05, 0) is 224 Å². The van der Waals surface area contributed by atoms with Crippen molar-refractivity contribution in [1.82, 2.24) is 4.57 Å². The van der Waals surface area contributed by atoms with E-state index in [1.54, 1.807) is 0 Å². The summed E-state index contributed by atoms with van der Waals surface area (Å²) in [5.41, 5.74) is 36.4. The van der Waals surface area contributed by atoms with Crippen molar-refractivity contribution in [2.45, 2.75) is 117 Å². The number of hydrogen-bond acceptors (Lipinski definition) is 2. The molecule has 6 aliphatic rings. The van der Waals surface area contributed by atoms with Gasteiger partial charge in [0.2, 0.25) is 0 Å². The predicted octanol–water partition coefficient (Wildman–Crippen LogP) is 21.3. The van der Waals surface area contributed by atoms with Gasteiger partial charge in [0.15, 0.2) is 0 Å². The Hall–Kier alpha value is -8.40. The summed E-state index contributed by atoms with van der Waals surface area (Å²) in [6.45, 7) is 23.8. The first-order valence-corrected chi connectivity index (χ1v) is 30.0. The zero-order valence-corrected chi connectivity index (χ0v) is 49.6. The number of anilines is 6. The van der Waals surface area contributed by atoms with Crippen molar-refractivity contribution in [2.75, 3.05) is 9.80 Å². The predicted molar refractivity (Wildman–Crippen MR) is 347 cm³/mol. The van der Waals surface area contributed by atoms with Gasteiger partial charge in [0.1, 0.15) is 0 Å². The largest absolute Gasteiger partial charge is 0.343 e. The molecule has 404 valence electrons. The molecule has 0 fully saturated rings. The quantitative estimate of drug-likeness (QED) is 0.150. The summed E-state index contributed by atoms with van der Waals surface area (Å²) in [5, 5.41) is 0. The Morgan fingerprint density at radius 3 is 1.00 bits per heavy atom. The fourth-order valence-electron chi connectivity index (χ4n) is 16.1. The summed E-state index contributed by atoms with van der Waals surface area (Å²) in [6.07, 6.45) is 14.3. The van der Waals surface area contributed by atoms with E-state index < -0.39 is 0 Å². The van der Waals surface area contributed by atoms with Gasteiger partial charge in [0.05, 0.1) is 11.4 Å². The van der Waals surface area contributed by atoms with Crippen LogP contribution in [0.1, 0.15) is 137 Å². The molecule has 0 unspecified atom stereocenters. The molecule has 3 heteroatoms. The van der Waals surface area contributed by atoms with Gasteiger partial charge in [0, 0.05) is 62.8 Å². The van der Waals surface area contributed by atoms with Crippen LogP contribution in [0.5, 0.6) is 0 Å². The van der Waals surface area contributed by atoms with Crippen molar-refractivity contribution in [2.24, 2.45) is 7.05 Å². The number of benzene rings is 8. The van der Waals surface area contributed by atoms with Crippen LogP contribution >= 0.6 is 0 Å². The maximum absolute atomic E-state index is 2.50. The Labute approximate surface area is 486 Å². The zero-order chi connectivity index (χ0) is 56.4. The minimum Gasteiger partial charge on any atom is -0.343 e. The molecule has 1 aromatic heterocycles. The molecule has 0 saturated carbocycles. The molecule has 0 amide bonds. The topological polar surface area (TPSA) is 11.4 Å². The van der Waals surface area contributed by atoms with Gasteiger partial charge < -0.3 is 14.4 Å². The Kier molecular flexibility index (Phi) is 11.0. The molecule has 0 bridgehead atoms. The van der Waals surface area contributed by atoms with E-state index in [1.807, 2.05) is 0 Å². The molecule has 8 aromatic carbocycles. The zero-order valence-electron chi connectivity index (χ0n) is 49.6. The molecule has 15 rings (SSSR count). The van der Waals surface area contributed by atoms with Crippen molar-refractivity contribution in [1.29, 1.82) is 0 Å². The van der Waals surface area contributed by atoms with E-state index in [9.17, 15) is 0 Å². The third kappa shape index (κ3) is 7.14. The Balaban J connectivity index is 0.803. The summed E-state index contributed by atoms with van der Waals surface area (Å²) in [6, 6.07) is 65.5. The van der Waals surface area contributed by atoms with Crippen LogP contribution in [0.15, 0.2) is 205 Å². The Bertz CT molecular complexity index is 4070. The highest BCUT2D eigenvalue weighted by molar-refractivity contribution is 5.95. The molecular formula is C79H73N3. The maximum Gasteiger partial charge on any atom is 0.0515 e. The van der Waals surface area contributed by atoms with Crippen LogP contribution in [-0.2, 0) is 28.7 Å². The van der Waals surface area contributed by atoms with E-state index >= 15 is 0 Å². The molecule has 0 saturated heterocycles. The van der Waals surface area contributed by atoms with E-state index in [2.05, 4.69) is 285 Å². The van der Waals surface area contributed by atoms with Crippen molar-refractivity contribution >= 4 is 45.3 Å². The molecule has 0 radical (unpaired) electrons. The number of fused-ring (bicyclic) bond motifs is 12. The van der Waals surface area contributed by atoms with Crippen molar-refractivity contribution in [3.05, 3.63) is 261 Å². The van der Waals surface area contributed by atoms with Crippen molar-refractivity contribution < 1.29 is 0 Å². The lowest BCUT2D eigenvalue weighted by Gasteiger charge is -2.30. The lowest BCUT2D eigenvalue weighted by molar-refractivity contribution is 0.654. The summed E-state index contributed by atoms with van der Waals surface area (Å²) >= 11 is 0. The average Bonchev–Trinajstić information content (AvgIpc) is 3.57. The minimum atomic E-state index is -0.118. The SMILES string of the molecule is Cc1c(C)c(-c2ccc(N(c3ccc4c(c3)C(C)(C)C3=CCCC=C34)c3ccc4c(c3)C(C)(C)c3ccccc3-4)cc2)n(C)c1-c1ccc(N(c2ccc3c(c2)C(C)(C)C2=CCCC=C23)c2ccc3c(c2)C(C)(C)c2ccccc2-3)cc1. The second kappa shape index (κ2) is 17.8. The van der Waals surface area contributed by atoms with Crippen molar-refractivity contribution in [3.8, 4) is 44.8 Å². The minimum absolute atomic E-state index is 0.0733. The second-order valence-electron chi connectivity index (χ2n) is 26.4. The highest BCUT2D eigenvalue weighted by Crippen LogP contribution is 2.57. The third-order valence-electron chi connectivity index (χ3n) is 20.5. The number of aromatic nitrogens is 1. The third-order valence-corrected chi connectivity index (χ3v) is 20.5. The highest BCUT2D eigenvalue weighted by Gasteiger charge is 2.42. The lowest BCUT2D eigenvalue weighted by Crippen LogP contribution is -2.18. The smallest absolute Gasteiger partial charge is 0.0515 e. The molecule has 9 aromatic rings. The van der Waals surface area contributed by atoms with E-state index in [0.717, 1.165) is 37.1 Å². The van der Waals surface area contributed by atoms with Crippen LogP contribution in [0, 0.1) is 13.8 Å². The van der Waals surface area contributed by atoms with Gasteiger partial charge in [-0.1, -0.05) is 177 Å². The van der Waals surface area contributed by atoms with Crippen LogP contribution in [0.4, 0.5) is 34.1 Å². The van der Waals surface area contributed by atoms with E-state index in [4.69, 9.17) is 0 Å². The van der Waals surface area contributed by atoms with Crippen LogP contribution < -0.4 is 9.80 Å². The molecule has 3 nitrogen and oxygen atoms in total. The molecule has 1 heterocycles. The van der Waals surface area contributed by atoms with Crippen LogP contribution in [0.2, 0.25) is 0 Å². The van der Waals surface area contributed by atoms with E-state index in [1.165, 1.54) is 145 Å². The van der Waals surface area contributed by atoms with Crippen LogP contribution in [0.3, 0.4) is 0 Å². The van der Waals surface area contributed by atoms with Crippen LogP contribution in [0.25, 0.3) is 55.9 Å². The van der Waals surface area contributed by atoms with Gasteiger partial charge in [-0.2, -0.15) is 0 Å². The van der Waals surface area contributed by atoms with E-state index in [-0.39, 0.29) is 21.7 Å². The summed E-state index contributed by atoms with van der Waals surface area (Å²) in [4.78, 5) is 4.99. The van der Waals surface area contributed by atoms with Gasteiger partial charge >= 0.3 is 0 Å². The first kappa shape index (κ1) is 50.6. The number of allylic oxidation sites excluding steroid dienone is 8. The Morgan fingerprint density at radius 2 is 0.622 bits per heavy atom. The molecule has 0 aliphatic heterocycles. The molecular weight excluding hydrogens is 991 g/mol. The molecule has 0 N–H and O–H groups in total. The normalized spacial score (nSPS) is 17.5. The van der Waals surface area contributed by atoms with Gasteiger partial charge in [-0.15, -0.1) is 0 Å². The van der Waals surface area contributed by atoms with Crippen molar-refractivity contribution in [3.63, 3.8) is 0 Å². The molecule has 82 heavy (non-hydrogen) atoms. The van der Waals surface area contributed by atoms with Gasteiger partial charge in [-0.25, -0.2) is 0 Å². The summed E-state index contributed by atoms with van der Waals surface area (Å²) in [5.74, 6) is 0. The molecule has 0 spiro atoms. The summed E-state index contributed by atoms with van der Waals surface area (Å²) < 4.78 is 2.43. The lowest BCUT2D eigenvalue weighted by atomic mass is 9.80. The first-order valence-electron chi connectivity index (χ1n) is 30.0. The maximum atomic E-state index is 2.50. The monoisotopic (exact) mass is 1060 g/mol. The molecule has 0 atom stereocenters. The van der Waals surface area contributed by atoms with E-state index in [0.29, 0.717) is 0 Å². The van der Waals surface area contributed by atoms with Crippen LogP contribution in [-0.4, -0.2) is 4.57 Å². The number of nitrogens with zero attached hydrogens (tertiary/aromatic N) is 3. The number of rotatable bonds is 8. The standard InChI is InChI=1S/C79H73N3/c1-48-49(2)75(51-30-34-53(35-31-51)82(56-38-42-64-60-22-14-18-26-68(60)78(7,8)72(64)46-56)57-39-43-65-61-23-15-19-27-69(61)79(9,10)73(65)47-57)80(11)74(48)50-28-32-52(33-29-50)81(54-36-40-62-58-20-12-16-24-66(58)76(3,4)70(62)44-54)55-37-41-63-59-21-13-17-25-67(59)77(5,6)71(63)45-55/h12,14,16,18,20-47H,13,15,17,19H2,1-11H3.